The van der Waals surface area contributed by atoms with Gasteiger partial charge in [0.05, 0.1) is 5.69 Å². The highest BCUT2D eigenvalue weighted by Crippen LogP contribution is 2.31. The van der Waals surface area contributed by atoms with Gasteiger partial charge in [-0.05, 0) is 26.2 Å². The molecular formula is C10H17N3S. The molecule has 2 rings (SSSR count). The molecule has 0 aromatic carbocycles. The minimum absolute atomic E-state index is 0.516. The van der Waals surface area contributed by atoms with Crippen LogP contribution >= 0.6 is 11.3 Å². The topological polar surface area (TPSA) is 37.0 Å². The molecule has 0 spiro atoms. The van der Waals surface area contributed by atoms with Crippen LogP contribution in [0.5, 0.6) is 0 Å². The van der Waals surface area contributed by atoms with E-state index in [1.165, 1.54) is 17.1 Å². The van der Waals surface area contributed by atoms with Crippen molar-refractivity contribution in [2.75, 3.05) is 17.2 Å². The van der Waals surface area contributed by atoms with Crippen LogP contribution in [0, 0.1) is 0 Å². The van der Waals surface area contributed by atoms with Gasteiger partial charge < -0.3 is 10.6 Å². The summed E-state index contributed by atoms with van der Waals surface area (Å²) >= 11 is 1.75. The van der Waals surface area contributed by atoms with Crippen LogP contribution in [0.3, 0.4) is 0 Å². The summed E-state index contributed by atoms with van der Waals surface area (Å²) < 4.78 is 0. The van der Waals surface area contributed by atoms with Crippen LogP contribution in [0.15, 0.2) is 0 Å². The van der Waals surface area contributed by atoms with Gasteiger partial charge in [0, 0.05) is 12.6 Å². The first-order valence-corrected chi connectivity index (χ1v) is 6.11. The Morgan fingerprint density at radius 1 is 1.64 bits per heavy atom. The molecule has 3 nitrogen and oxygen atoms in total. The maximum Gasteiger partial charge on any atom is 0.185 e. The van der Waals surface area contributed by atoms with Gasteiger partial charge >= 0.3 is 0 Å². The Labute approximate surface area is 88.9 Å². The number of anilines is 2. The summed E-state index contributed by atoms with van der Waals surface area (Å²) in [6.07, 6.45) is 3.47. The second kappa shape index (κ2) is 4.17. The lowest BCUT2D eigenvalue weighted by atomic mass is 10.2. The van der Waals surface area contributed by atoms with E-state index in [9.17, 15) is 0 Å². The summed E-state index contributed by atoms with van der Waals surface area (Å²) in [7, 11) is 0. The Morgan fingerprint density at radius 2 is 2.50 bits per heavy atom. The van der Waals surface area contributed by atoms with E-state index in [0.717, 1.165) is 24.5 Å². The molecule has 1 atom stereocenters. The van der Waals surface area contributed by atoms with Gasteiger partial charge in [0.1, 0.15) is 5.00 Å². The Hall–Kier alpha value is -0.770. The van der Waals surface area contributed by atoms with Crippen LogP contribution in [-0.2, 0) is 6.42 Å². The summed E-state index contributed by atoms with van der Waals surface area (Å²) in [5.74, 6) is 0. The minimum atomic E-state index is 0.516. The molecule has 0 bridgehead atoms. The van der Waals surface area contributed by atoms with Crippen LogP contribution < -0.4 is 10.6 Å². The Kier molecular flexibility index (Phi) is 2.91. The van der Waals surface area contributed by atoms with Gasteiger partial charge in [-0.2, -0.15) is 0 Å². The molecule has 1 aliphatic rings. The fourth-order valence-corrected chi connectivity index (χ4v) is 2.54. The average molecular weight is 211 g/mol. The third-order valence-corrected chi connectivity index (χ3v) is 3.54. The maximum atomic E-state index is 4.58. The van der Waals surface area contributed by atoms with Crippen LogP contribution in [0.4, 0.5) is 10.1 Å². The Bertz CT molecular complexity index is 285. The highest BCUT2D eigenvalue weighted by Gasteiger charge is 2.14. The standard InChI is InChI=1S/C10H17N3S/c1-3-7(2)12-10-13-8-5-4-6-11-9(8)14-10/h7,11H,3-6H2,1-2H3,(H,12,13). The molecule has 1 aromatic rings. The number of nitrogens with zero attached hydrogens (tertiary/aromatic N) is 1. The SMILES string of the molecule is CCC(C)Nc1nc2c(s1)NCCC2. The van der Waals surface area contributed by atoms with Gasteiger partial charge in [0.25, 0.3) is 0 Å². The minimum Gasteiger partial charge on any atom is -0.375 e. The van der Waals surface area contributed by atoms with Gasteiger partial charge in [-0.15, -0.1) is 0 Å². The number of aromatic nitrogens is 1. The van der Waals surface area contributed by atoms with Crippen LogP contribution in [0.2, 0.25) is 0 Å². The number of hydrogen-bond acceptors (Lipinski definition) is 4. The summed E-state index contributed by atoms with van der Waals surface area (Å²) in [5.41, 5.74) is 1.24. The van der Waals surface area contributed by atoms with E-state index in [2.05, 4.69) is 29.5 Å². The number of fused-ring (bicyclic) bond motifs is 1. The van der Waals surface area contributed by atoms with E-state index in [1.54, 1.807) is 11.3 Å². The quantitative estimate of drug-likeness (QED) is 0.807. The number of nitrogens with one attached hydrogen (secondary N) is 2. The predicted octanol–water partition coefficient (Wildman–Crippen LogP) is 2.71. The highest BCUT2D eigenvalue weighted by molar-refractivity contribution is 7.19. The lowest BCUT2D eigenvalue weighted by Gasteiger charge is -2.10. The Balaban J connectivity index is 2.08. The molecule has 0 saturated carbocycles. The van der Waals surface area contributed by atoms with Crippen molar-refractivity contribution in [3.63, 3.8) is 0 Å². The van der Waals surface area contributed by atoms with E-state index in [-0.39, 0.29) is 0 Å². The molecule has 0 radical (unpaired) electrons. The molecule has 1 unspecified atom stereocenters. The number of thiazole rings is 1. The highest BCUT2D eigenvalue weighted by atomic mass is 32.1. The fourth-order valence-electron chi connectivity index (χ4n) is 1.49. The lowest BCUT2D eigenvalue weighted by molar-refractivity contribution is 0.759. The van der Waals surface area contributed by atoms with E-state index in [0.29, 0.717) is 6.04 Å². The van der Waals surface area contributed by atoms with Crippen molar-refractivity contribution in [1.29, 1.82) is 0 Å². The average Bonchev–Trinajstić information content (AvgIpc) is 2.59. The zero-order valence-corrected chi connectivity index (χ0v) is 9.58. The van der Waals surface area contributed by atoms with Crippen molar-refractivity contribution in [3.8, 4) is 0 Å². The third-order valence-electron chi connectivity index (χ3n) is 2.56. The van der Waals surface area contributed by atoms with Crippen LogP contribution in [-0.4, -0.2) is 17.6 Å². The Morgan fingerprint density at radius 3 is 3.21 bits per heavy atom. The van der Waals surface area contributed by atoms with Crippen LogP contribution in [0.1, 0.15) is 32.4 Å². The molecule has 0 amide bonds. The molecule has 0 fully saturated rings. The zero-order chi connectivity index (χ0) is 9.97. The summed E-state index contributed by atoms with van der Waals surface area (Å²) in [6, 6.07) is 0.516. The van der Waals surface area contributed by atoms with Crippen LogP contribution in [0.25, 0.3) is 0 Å². The number of aryl methyl sites for hydroxylation is 1. The van der Waals surface area contributed by atoms with E-state index < -0.39 is 0 Å². The molecule has 4 heteroatoms. The fraction of sp³-hybridized carbons (Fsp3) is 0.700. The summed E-state index contributed by atoms with van der Waals surface area (Å²) in [6.45, 7) is 5.47. The molecular weight excluding hydrogens is 194 g/mol. The summed E-state index contributed by atoms with van der Waals surface area (Å²) in [5, 5.41) is 9.14. The molecule has 0 saturated heterocycles. The second-order valence-electron chi connectivity index (χ2n) is 3.78. The maximum absolute atomic E-state index is 4.58. The van der Waals surface area contributed by atoms with Gasteiger partial charge in [0.2, 0.25) is 0 Å². The third kappa shape index (κ3) is 2.00. The predicted molar refractivity (Wildman–Crippen MR) is 62.3 cm³/mol. The molecule has 0 aliphatic carbocycles. The largest absolute Gasteiger partial charge is 0.375 e. The summed E-state index contributed by atoms with van der Waals surface area (Å²) in [4.78, 5) is 4.58. The number of rotatable bonds is 3. The molecule has 78 valence electrons. The smallest absolute Gasteiger partial charge is 0.185 e. The normalized spacial score (nSPS) is 17.0. The van der Waals surface area contributed by atoms with Crippen molar-refractivity contribution in [3.05, 3.63) is 5.69 Å². The molecule has 14 heavy (non-hydrogen) atoms. The van der Waals surface area contributed by atoms with E-state index in [4.69, 9.17) is 0 Å². The van der Waals surface area contributed by atoms with Crippen molar-refractivity contribution < 1.29 is 0 Å². The van der Waals surface area contributed by atoms with Gasteiger partial charge in [-0.25, -0.2) is 4.98 Å². The van der Waals surface area contributed by atoms with Crippen molar-refractivity contribution >= 4 is 21.5 Å². The first-order chi connectivity index (χ1) is 6.79. The first-order valence-electron chi connectivity index (χ1n) is 5.29. The lowest BCUT2D eigenvalue weighted by Crippen LogP contribution is -2.13. The molecule has 2 heterocycles. The van der Waals surface area contributed by atoms with Gasteiger partial charge in [-0.1, -0.05) is 18.3 Å². The molecule has 2 N–H and O–H groups in total. The first kappa shape index (κ1) is 9.77. The second-order valence-corrected chi connectivity index (χ2v) is 4.78. The van der Waals surface area contributed by atoms with Gasteiger partial charge in [0.15, 0.2) is 5.13 Å². The number of hydrogen-bond donors (Lipinski definition) is 2. The van der Waals surface area contributed by atoms with Crippen molar-refractivity contribution in [1.82, 2.24) is 4.98 Å². The van der Waals surface area contributed by atoms with Gasteiger partial charge in [-0.3, -0.25) is 0 Å². The monoisotopic (exact) mass is 211 g/mol. The van der Waals surface area contributed by atoms with Crippen molar-refractivity contribution in [2.45, 2.75) is 39.2 Å². The van der Waals surface area contributed by atoms with E-state index >= 15 is 0 Å². The van der Waals surface area contributed by atoms with Crippen molar-refractivity contribution in [2.24, 2.45) is 0 Å². The molecule has 1 aliphatic heterocycles. The van der Waals surface area contributed by atoms with E-state index in [1.807, 2.05) is 0 Å². The zero-order valence-electron chi connectivity index (χ0n) is 8.76. The molecule has 1 aromatic heterocycles.